The largest absolute Gasteiger partial charge is 0.468 e. The van der Waals surface area contributed by atoms with Gasteiger partial charge in [-0.2, -0.15) is 0 Å². The first-order valence-corrected chi connectivity index (χ1v) is 7.58. The Morgan fingerprint density at radius 2 is 1.39 bits per heavy atom. The third kappa shape index (κ3) is 13.5. The highest BCUT2D eigenvalue weighted by Crippen LogP contribution is 2.10. The molecule has 0 aromatic heterocycles. The van der Waals surface area contributed by atoms with Crippen LogP contribution in [0.15, 0.2) is 0 Å². The SMILES string of the molecule is CCCCCCCCCCCCNCC(=O)OC. The summed E-state index contributed by atoms with van der Waals surface area (Å²) >= 11 is 0. The van der Waals surface area contributed by atoms with E-state index in [0.717, 1.165) is 13.0 Å². The van der Waals surface area contributed by atoms with E-state index < -0.39 is 0 Å². The smallest absolute Gasteiger partial charge is 0.319 e. The second-order valence-electron chi connectivity index (χ2n) is 4.93. The average Bonchev–Trinajstić information content (AvgIpc) is 2.39. The molecule has 3 heteroatoms. The number of methoxy groups -OCH3 is 1. The van der Waals surface area contributed by atoms with Crippen LogP contribution in [0.1, 0.15) is 71.1 Å². The highest BCUT2D eigenvalue weighted by molar-refractivity contribution is 5.71. The van der Waals surface area contributed by atoms with Crippen LogP contribution < -0.4 is 5.32 Å². The van der Waals surface area contributed by atoms with Crippen LogP contribution in [0.3, 0.4) is 0 Å². The summed E-state index contributed by atoms with van der Waals surface area (Å²) in [7, 11) is 1.42. The van der Waals surface area contributed by atoms with Crippen molar-refractivity contribution in [2.24, 2.45) is 0 Å². The second-order valence-corrected chi connectivity index (χ2v) is 4.93. The van der Waals surface area contributed by atoms with Crippen LogP contribution >= 0.6 is 0 Å². The van der Waals surface area contributed by atoms with Crippen molar-refractivity contribution in [1.29, 1.82) is 0 Å². The van der Waals surface area contributed by atoms with E-state index in [4.69, 9.17) is 0 Å². The van der Waals surface area contributed by atoms with Crippen molar-refractivity contribution in [1.82, 2.24) is 5.32 Å². The predicted molar refractivity (Wildman–Crippen MR) is 76.7 cm³/mol. The lowest BCUT2D eigenvalue weighted by Gasteiger charge is -2.04. The van der Waals surface area contributed by atoms with E-state index in [1.54, 1.807) is 0 Å². The Labute approximate surface area is 113 Å². The summed E-state index contributed by atoms with van der Waals surface area (Å²) in [5.41, 5.74) is 0. The summed E-state index contributed by atoms with van der Waals surface area (Å²) in [4.78, 5) is 10.8. The zero-order valence-corrected chi connectivity index (χ0v) is 12.3. The topological polar surface area (TPSA) is 38.3 Å². The number of carbonyl (C=O) groups is 1. The van der Waals surface area contributed by atoms with Gasteiger partial charge in [0.1, 0.15) is 0 Å². The van der Waals surface area contributed by atoms with Gasteiger partial charge < -0.3 is 10.1 Å². The Balaban J connectivity index is 2.97. The molecule has 0 aliphatic carbocycles. The molecule has 108 valence electrons. The third-order valence-electron chi connectivity index (χ3n) is 3.20. The van der Waals surface area contributed by atoms with E-state index in [-0.39, 0.29) is 5.97 Å². The van der Waals surface area contributed by atoms with Crippen LogP contribution in [0.2, 0.25) is 0 Å². The van der Waals surface area contributed by atoms with Crippen molar-refractivity contribution in [2.75, 3.05) is 20.2 Å². The number of hydrogen-bond donors (Lipinski definition) is 1. The van der Waals surface area contributed by atoms with Crippen LogP contribution in [0.4, 0.5) is 0 Å². The molecule has 18 heavy (non-hydrogen) atoms. The zero-order chi connectivity index (χ0) is 13.5. The maximum atomic E-state index is 10.8. The van der Waals surface area contributed by atoms with Gasteiger partial charge in [0.15, 0.2) is 0 Å². The zero-order valence-electron chi connectivity index (χ0n) is 12.3. The number of unbranched alkanes of at least 4 members (excludes halogenated alkanes) is 9. The van der Waals surface area contributed by atoms with Crippen molar-refractivity contribution in [3.8, 4) is 0 Å². The van der Waals surface area contributed by atoms with E-state index in [2.05, 4.69) is 17.0 Å². The van der Waals surface area contributed by atoms with Crippen LogP contribution in [0.25, 0.3) is 0 Å². The van der Waals surface area contributed by atoms with Crippen LogP contribution in [-0.4, -0.2) is 26.2 Å². The second kappa shape index (κ2) is 14.5. The molecule has 0 fully saturated rings. The van der Waals surface area contributed by atoms with Gasteiger partial charge in [-0.15, -0.1) is 0 Å². The lowest BCUT2D eigenvalue weighted by Crippen LogP contribution is -2.24. The lowest BCUT2D eigenvalue weighted by atomic mass is 10.1. The summed E-state index contributed by atoms with van der Waals surface area (Å²) in [5, 5.41) is 3.09. The van der Waals surface area contributed by atoms with Gasteiger partial charge in [-0.25, -0.2) is 0 Å². The van der Waals surface area contributed by atoms with Crippen molar-refractivity contribution >= 4 is 5.97 Å². The van der Waals surface area contributed by atoms with Gasteiger partial charge in [0.05, 0.1) is 13.7 Å². The van der Waals surface area contributed by atoms with E-state index in [0.29, 0.717) is 6.54 Å². The van der Waals surface area contributed by atoms with E-state index >= 15 is 0 Å². The molecule has 0 aromatic carbocycles. The molecule has 0 atom stereocenters. The summed E-state index contributed by atoms with van der Waals surface area (Å²) in [5.74, 6) is -0.179. The minimum atomic E-state index is -0.179. The Hall–Kier alpha value is -0.570. The van der Waals surface area contributed by atoms with Crippen molar-refractivity contribution in [2.45, 2.75) is 71.1 Å². The van der Waals surface area contributed by atoms with Crippen LogP contribution in [0, 0.1) is 0 Å². The standard InChI is InChI=1S/C15H31NO2/c1-3-4-5-6-7-8-9-10-11-12-13-16-14-15(17)18-2/h16H,3-14H2,1-2H3. The van der Waals surface area contributed by atoms with Crippen molar-refractivity contribution in [3.05, 3.63) is 0 Å². The molecule has 0 saturated heterocycles. The highest BCUT2D eigenvalue weighted by Gasteiger charge is 1.97. The molecular formula is C15H31NO2. The molecule has 0 aliphatic heterocycles. The fraction of sp³-hybridized carbons (Fsp3) is 0.933. The van der Waals surface area contributed by atoms with Gasteiger partial charge in [-0.3, -0.25) is 4.79 Å². The molecule has 0 radical (unpaired) electrons. The maximum absolute atomic E-state index is 10.8. The normalized spacial score (nSPS) is 10.6. The van der Waals surface area contributed by atoms with Gasteiger partial charge in [-0.1, -0.05) is 64.7 Å². The van der Waals surface area contributed by atoms with Crippen molar-refractivity contribution in [3.63, 3.8) is 0 Å². The van der Waals surface area contributed by atoms with Crippen molar-refractivity contribution < 1.29 is 9.53 Å². The monoisotopic (exact) mass is 257 g/mol. The van der Waals surface area contributed by atoms with Gasteiger partial charge in [-0.05, 0) is 13.0 Å². The minimum absolute atomic E-state index is 0.179. The highest BCUT2D eigenvalue weighted by atomic mass is 16.5. The quantitative estimate of drug-likeness (QED) is 0.404. The third-order valence-corrected chi connectivity index (χ3v) is 3.20. The summed E-state index contributed by atoms with van der Waals surface area (Å²) in [6, 6.07) is 0. The Morgan fingerprint density at radius 1 is 0.889 bits per heavy atom. The molecule has 0 saturated carbocycles. The molecule has 1 N–H and O–H groups in total. The fourth-order valence-electron chi connectivity index (χ4n) is 2.00. The summed E-state index contributed by atoms with van der Waals surface area (Å²) in [6.07, 6.45) is 13.5. The maximum Gasteiger partial charge on any atom is 0.319 e. The molecule has 0 aromatic rings. The number of carbonyl (C=O) groups excluding carboxylic acids is 1. The molecule has 0 aliphatic rings. The molecule has 0 rings (SSSR count). The number of rotatable bonds is 13. The van der Waals surface area contributed by atoms with E-state index in [1.807, 2.05) is 0 Å². The molecular weight excluding hydrogens is 226 g/mol. The van der Waals surface area contributed by atoms with E-state index in [9.17, 15) is 4.79 Å². The predicted octanol–water partition coefficient (Wildman–Crippen LogP) is 3.67. The summed E-state index contributed by atoms with van der Waals surface area (Å²) in [6.45, 7) is 3.52. The molecule has 0 spiro atoms. The minimum Gasteiger partial charge on any atom is -0.468 e. The van der Waals surface area contributed by atoms with Gasteiger partial charge >= 0.3 is 5.97 Å². The van der Waals surface area contributed by atoms with Gasteiger partial charge in [0.25, 0.3) is 0 Å². The van der Waals surface area contributed by atoms with E-state index in [1.165, 1.54) is 64.9 Å². The molecule has 0 bridgehead atoms. The number of ether oxygens (including phenoxy) is 1. The lowest BCUT2D eigenvalue weighted by molar-refractivity contribution is -0.139. The molecule has 0 unspecified atom stereocenters. The van der Waals surface area contributed by atoms with Crippen LogP contribution in [0.5, 0.6) is 0 Å². The fourth-order valence-corrected chi connectivity index (χ4v) is 2.00. The Morgan fingerprint density at radius 3 is 1.89 bits per heavy atom. The average molecular weight is 257 g/mol. The molecule has 0 amide bonds. The first-order valence-electron chi connectivity index (χ1n) is 7.58. The molecule has 3 nitrogen and oxygen atoms in total. The number of esters is 1. The Kier molecular flexibility index (Phi) is 14.0. The first kappa shape index (κ1) is 17.4. The van der Waals surface area contributed by atoms with Gasteiger partial charge in [0.2, 0.25) is 0 Å². The first-order chi connectivity index (χ1) is 8.81. The van der Waals surface area contributed by atoms with Crippen LogP contribution in [-0.2, 0) is 9.53 Å². The molecule has 0 heterocycles. The Bertz CT molecular complexity index is 183. The van der Waals surface area contributed by atoms with Gasteiger partial charge in [0, 0.05) is 0 Å². The summed E-state index contributed by atoms with van der Waals surface area (Å²) < 4.78 is 4.55. The number of hydrogen-bond acceptors (Lipinski definition) is 3. The number of nitrogens with one attached hydrogen (secondary N) is 1.